The molecule has 0 radical (unpaired) electrons. The van der Waals surface area contributed by atoms with Gasteiger partial charge in [-0.15, -0.1) is 0 Å². The molecule has 0 N–H and O–H groups in total. The Balaban J connectivity index is 1.42. The third kappa shape index (κ3) is 5.41. The predicted molar refractivity (Wildman–Crippen MR) is 131 cm³/mol. The lowest BCUT2D eigenvalue weighted by atomic mass is 9.72. The number of carbonyl (C=O) groups is 1. The Morgan fingerprint density at radius 1 is 1.03 bits per heavy atom. The fourth-order valence-electron chi connectivity index (χ4n) is 6.03. The van der Waals surface area contributed by atoms with Gasteiger partial charge in [-0.2, -0.15) is 0 Å². The van der Waals surface area contributed by atoms with E-state index in [0.29, 0.717) is 11.3 Å². The van der Waals surface area contributed by atoms with Crippen molar-refractivity contribution in [1.29, 1.82) is 0 Å². The quantitative estimate of drug-likeness (QED) is 0.589. The van der Waals surface area contributed by atoms with E-state index in [-0.39, 0.29) is 12.1 Å². The summed E-state index contributed by atoms with van der Waals surface area (Å²) < 4.78 is 5.73. The number of nitrogens with zero attached hydrogens (tertiary/aromatic N) is 3. The zero-order chi connectivity index (χ0) is 22.9. The van der Waals surface area contributed by atoms with Gasteiger partial charge >= 0.3 is 6.09 Å². The minimum atomic E-state index is -0.467. The molecule has 2 atom stereocenters. The summed E-state index contributed by atoms with van der Waals surface area (Å²) >= 11 is 0. The lowest BCUT2D eigenvalue weighted by Crippen LogP contribution is -2.48. The number of ether oxygens (including phenoxy) is 1. The van der Waals surface area contributed by atoms with Crippen LogP contribution in [0.3, 0.4) is 0 Å². The Kier molecular flexibility index (Phi) is 6.76. The standard InChI is InChI=1S/C27H43N3O2/c1-21-7-12-24(30(19-21)25(31)32-26(2,3)4)22-8-10-23(11-9-22)29-17-14-27(15-18-29)13-6-16-28(5)20-27/h8-11,21,24H,6-7,12-20H2,1-5H3/t21-,24+/m1/s1. The summed E-state index contributed by atoms with van der Waals surface area (Å²) in [6, 6.07) is 9.13. The second kappa shape index (κ2) is 9.24. The molecule has 5 heteroatoms. The fourth-order valence-corrected chi connectivity index (χ4v) is 6.03. The van der Waals surface area contributed by atoms with Crippen LogP contribution in [0.5, 0.6) is 0 Å². The van der Waals surface area contributed by atoms with Gasteiger partial charge in [0.1, 0.15) is 5.60 Å². The maximum Gasteiger partial charge on any atom is 0.410 e. The molecule has 0 bridgehead atoms. The van der Waals surface area contributed by atoms with Crippen molar-refractivity contribution < 1.29 is 9.53 Å². The molecule has 0 saturated carbocycles. The zero-order valence-electron chi connectivity index (χ0n) is 20.9. The minimum Gasteiger partial charge on any atom is -0.444 e. The highest BCUT2D eigenvalue weighted by Gasteiger charge is 2.38. The maximum atomic E-state index is 12.9. The average Bonchev–Trinajstić information content (AvgIpc) is 2.73. The van der Waals surface area contributed by atoms with Crippen molar-refractivity contribution in [2.75, 3.05) is 44.7 Å². The predicted octanol–water partition coefficient (Wildman–Crippen LogP) is 5.71. The summed E-state index contributed by atoms with van der Waals surface area (Å²) in [6.45, 7) is 13.6. The molecule has 1 aromatic carbocycles. The first-order chi connectivity index (χ1) is 15.1. The van der Waals surface area contributed by atoms with E-state index in [1.807, 2.05) is 25.7 Å². The first-order valence-electron chi connectivity index (χ1n) is 12.7. The summed E-state index contributed by atoms with van der Waals surface area (Å²) in [4.78, 5) is 20.0. The van der Waals surface area contributed by atoms with Crippen molar-refractivity contribution in [1.82, 2.24) is 9.80 Å². The van der Waals surface area contributed by atoms with Crippen LogP contribution >= 0.6 is 0 Å². The minimum absolute atomic E-state index is 0.109. The lowest BCUT2D eigenvalue weighted by Gasteiger charge is -2.47. The first-order valence-corrected chi connectivity index (χ1v) is 12.7. The summed E-state index contributed by atoms with van der Waals surface area (Å²) in [6.07, 6.45) is 7.30. The van der Waals surface area contributed by atoms with E-state index in [1.54, 1.807) is 0 Å². The molecular formula is C27H43N3O2. The van der Waals surface area contributed by atoms with Crippen LogP contribution in [0.25, 0.3) is 0 Å². The van der Waals surface area contributed by atoms with Crippen LogP contribution in [0.1, 0.15) is 77.8 Å². The number of rotatable bonds is 2. The van der Waals surface area contributed by atoms with Gasteiger partial charge in [0.05, 0.1) is 6.04 Å². The van der Waals surface area contributed by atoms with Crippen LogP contribution in [0.4, 0.5) is 10.5 Å². The van der Waals surface area contributed by atoms with Crippen molar-refractivity contribution in [2.45, 2.75) is 77.9 Å². The van der Waals surface area contributed by atoms with Crippen molar-refractivity contribution in [3.63, 3.8) is 0 Å². The molecule has 4 rings (SSSR count). The van der Waals surface area contributed by atoms with Gasteiger partial charge in [0.15, 0.2) is 0 Å². The van der Waals surface area contributed by atoms with Crippen molar-refractivity contribution in [3.8, 4) is 0 Å². The van der Waals surface area contributed by atoms with E-state index in [1.165, 1.54) is 50.0 Å². The second-order valence-corrected chi connectivity index (χ2v) is 11.8. The highest BCUT2D eigenvalue weighted by Crippen LogP contribution is 2.41. The third-order valence-corrected chi connectivity index (χ3v) is 7.76. The van der Waals surface area contributed by atoms with Gasteiger partial charge < -0.3 is 19.4 Å². The van der Waals surface area contributed by atoms with Gasteiger partial charge in [0.25, 0.3) is 0 Å². The number of piperidine rings is 3. The van der Waals surface area contributed by atoms with Crippen LogP contribution in [-0.4, -0.2) is 61.3 Å². The van der Waals surface area contributed by atoms with Gasteiger partial charge in [0.2, 0.25) is 0 Å². The summed E-state index contributed by atoms with van der Waals surface area (Å²) in [5.41, 5.74) is 2.62. The molecule has 1 spiro atoms. The molecule has 3 fully saturated rings. The molecule has 32 heavy (non-hydrogen) atoms. The summed E-state index contributed by atoms with van der Waals surface area (Å²) in [5.74, 6) is 0.512. The Morgan fingerprint density at radius 2 is 1.72 bits per heavy atom. The molecule has 178 valence electrons. The molecule has 0 unspecified atom stereocenters. The third-order valence-electron chi connectivity index (χ3n) is 7.76. The molecule has 1 amide bonds. The van der Waals surface area contributed by atoms with E-state index in [9.17, 15) is 4.79 Å². The van der Waals surface area contributed by atoms with Gasteiger partial charge in [-0.3, -0.25) is 0 Å². The van der Waals surface area contributed by atoms with Gasteiger partial charge in [0, 0.05) is 31.9 Å². The highest BCUT2D eigenvalue weighted by atomic mass is 16.6. The number of benzene rings is 1. The van der Waals surface area contributed by atoms with Crippen LogP contribution in [-0.2, 0) is 4.74 Å². The smallest absolute Gasteiger partial charge is 0.410 e. The molecule has 1 aromatic rings. The molecular weight excluding hydrogens is 398 g/mol. The maximum absolute atomic E-state index is 12.9. The molecule has 3 aliphatic rings. The Labute approximate surface area is 195 Å². The van der Waals surface area contributed by atoms with Crippen LogP contribution < -0.4 is 4.90 Å². The Bertz CT molecular complexity index is 777. The topological polar surface area (TPSA) is 36.0 Å². The van der Waals surface area contributed by atoms with Crippen LogP contribution in [0, 0.1) is 11.3 Å². The Hall–Kier alpha value is -1.75. The largest absolute Gasteiger partial charge is 0.444 e. The first kappa shape index (κ1) is 23.4. The normalized spacial score (nSPS) is 26.9. The van der Waals surface area contributed by atoms with E-state index >= 15 is 0 Å². The van der Waals surface area contributed by atoms with Crippen molar-refractivity contribution in [2.24, 2.45) is 11.3 Å². The molecule has 5 nitrogen and oxygen atoms in total. The van der Waals surface area contributed by atoms with E-state index < -0.39 is 5.60 Å². The summed E-state index contributed by atoms with van der Waals surface area (Å²) in [5, 5.41) is 0. The number of likely N-dealkylation sites (tertiary alicyclic amines) is 2. The van der Waals surface area contributed by atoms with Crippen LogP contribution in [0.2, 0.25) is 0 Å². The molecule has 0 aliphatic carbocycles. The van der Waals surface area contributed by atoms with Crippen molar-refractivity contribution >= 4 is 11.8 Å². The molecule has 3 saturated heterocycles. The number of anilines is 1. The average molecular weight is 442 g/mol. The second-order valence-electron chi connectivity index (χ2n) is 11.8. The SMILES string of the molecule is C[C@@H]1CC[C@@H](c2ccc(N3CCC4(CCCN(C)C4)CC3)cc2)N(C(=O)OC(C)(C)C)C1. The van der Waals surface area contributed by atoms with Crippen molar-refractivity contribution in [3.05, 3.63) is 29.8 Å². The number of carbonyl (C=O) groups excluding carboxylic acids is 1. The summed E-state index contributed by atoms with van der Waals surface area (Å²) in [7, 11) is 2.28. The number of hydrogen-bond donors (Lipinski definition) is 0. The number of amides is 1. The Morgan fingerprint density at radius 3 is 2.34 bits per heavy atom. The highest BCUT2D eigenvalue weighted by molar-refractivity contribution is 5.69. The van der Waals surface area contributed by atoms with E-state index in [2.05, 4.69) is 48.0 Å². The van der Waals surface area contributed by atoms with E-state index in [4.69, 9.17) is 4.74 Å². The zero-order valence-corrected chi connectivity index (χ0v) is 20.9. The molecule has 0 aromatic heterocycles. The molecule has 3 aliphatic heterocycles. The number of hydrogen-bond acceptors (Lipinski definition) is 4. The van der Waals surface area contributed by atoms with Gasteiger partial charge in [-0.05, 0) is 102 Å². The lowest BCUT2D eigenvalue weighted by molar-refractivity contribution is 0.00364. The monoisotopic (exact) mass is 441 g/mol. The molecule has 3 heterocycles. The fraction of sp³-hybridized carbons (Fsp3) is 0.741. The van der Waals surface area contributed by atoms with Gasteiger partial charge in [-0.1, -0.05) is 19.1 Å². The van der Waals surface area contributed by atoms with Crippen LogP contribution in [0.15, 0.2) is 24.3 Å². The van der Waals surface area contributed by atoms with Gasteiger partial charge in [-0.25, -0.2) is 4.79 Å². The van der Waals surface area contributed by atoms with E-state index in [0.717, 1.165) is 32.5 Å².